The number of carbonyl (C=O) groups is 1. The van der Waals surface area contributed by atoms with Crippen molar-refractivity contribution in [3.8, 4) is 5.88 Å². The van der Waals surface area contributed by atoms with E-state index in [1.54, 1.807) is 29.3 Å². The minimum atomic E-state index is -0.293. The van der Waals surface area contributed by atoms with Crippen LogP contribution in [0.2, 0.25) is 0 Å². The summed E-state index contributed by atoms with van der Waals surface area (Å²) in [6, 6.07) is 8.81. The third kappa shape index (κ3) is 3.24. The number of amides is 1. The molecule has 7 nitrogen and oxygen atoms in total. The number of hydrogen-bond acceptors (Lipinski definition) is 6. The molecule has 1 atom stereocenters. The summed E-state index contributed by atoms with van der Waals surface area (Å²) in [7, 11) is 1.50. The molecule has 0 radical (unpaired) electrons. The van der Waals surface area contributed by atoms with Gasteiger partial charge in [-0.2, -0.15) is 0 Å². The van der Waals surface area contributed by atoms with E-state index in [-0.39, 0.29) is 12.0 Å². The van der Waals surface area contributed by atoms with Crippen LogP contribution in [-0.2, 0) is 4.74 Å². The Morgan fingerprint density at radius 2 is 2.26 bits per heavy atom. The van der Waals surface area contributed by atoms with Crippen LogP contribution in [0.3, 0.4) is 0 Å². The maximum Gasteiger partial charge on any atom is 0.259 e. The first-order valence-electron chi connectivity index (χ1n) is 7.31. The Hall–Kier alpha value is -2.67. The summed E-state index contributed by atoms with van der Waals surface area (Å²) in [4.78, 5) is 22.8. The maximum atomic E-state index is 12.7. The zero-order valence-electron chi connectivity index (χ0n) is 12.8. The monoisotopic (exact) mass is 314 g/mol. The Labute approximate surface area is 134 Å². The third-order valence-corrected chi connectivity index (χ3v) is 3.67. The average Bonchev–Trinajstić information content (AvgIpc) is 2.61. The lowest BCUT2D eigenvalue weighted by molar-refractivity contribution is -0.0247. The molecule has 1 fully saturated rings. The van der Waals surface area contributed by atoms with Gasteiger partial charge in [-0.05, 0) is 24.3 Å². The van der Waals surface area contributed by atoms with Crippen LogP contribution in [0.1, 0.15) is 22.2 Å². The summed E-state index contributed by atoms with van der Waals surface area (Å²) in [5.74, 6) is 0.623. The molecule has 0 aliphatic carbocycles. The predicted molar refractivity (Wildman–Crippen MR) is 84.0 cm³/mol. The molecule has 23 heavy (non-hydrogen) atoms. The van der Waals surface area contributed by atoms with Gasteiger partial charge in [0.15, 0.2) is 0 Å². The molecule has 1 amide bonds. The lowest BCUT2D eigenvalue weighted by Crippen LogP contribution is -2.42. The Kier molecular flexibility index (Phi) is 4.38. The lowest BCUT2D eigenvalue weighted by atomic mass is 10.1. The van der Waals surface area contributed by atoms with Crippen molar-refractivity contribution in [2.75, 3.05) is 32.5 Å². The van der Waals surface area contributed by atoms with Gasteiger partial charge in [0, 0.05) is 12.7 Å². The molecular formula is C16H18N4O3. The number of nitrogen functional groups attached to an aromatic ring is 1. The number of nitrogens with two attached hydrogens (primary N) is 1. The van der Waals surface area contributed by atoms with Gasteiger partial charge >= 0.3 is 0 Å². The molecule has 3 heterocycles. The Bertz CT molecular complexity index is 707. The van der Waals surface area contributed by atoms with Crippen LogP contribution in [0.15, 0.2) is 36.5 Å². The number of morpholine rings is 1. The van der Waals surface area contributed by atoms with Crippen LogP contribution < -0.4 is 10.5 Å². The first-order valence-corrected chi connectivity index (χ1v) is 7.31. The first-order chi connectivity index (χ1) is 11.2. The van der Waals surface area contributed by atoms with Crippen LogP contribution in [0.5, 0.6) is 5.88 Å². The summed E-state index contributed by atoms with van der Waals surface area (Å²) < 4.78 is 10.9. The van der Waals surface area contributed by atoms with Gasteiger partial charge in [-0.1, -0.05) is 6.07 Å². The van der Waals surface area contributed by atoms with Gasteiger partial charge in [0.1, 0.15) is 17.5 Å². The quantitative estimate of drug-likeness (QED) is 0.918. The molecule has 0 unspecified atom stereocenters. The molecule has 7 heteroatoms. The molecule has 0 saturated carbocycles. The van der Waals surface area contributed by atoms with Gasteiger partial charge in [0.05, 0.1) is 26.0 Å². The highest BCUT2D eigenvalue weighted by atomic mass is 16.5. The van der Waals surface area contributed by atoms with Crippen molar-refractivity contribution in [1.82, 2.24) is 14.9 Å². The van der Waals surface area contributed by atoms with Gasteiger partial charge in [-0.3, -0.25) is 4.79 Å². The molecule has 1 aliphatic heterocycles. The second-order valence-electron chi connectivity index (χ2n) is 5.16. The van der Waals surface area contributed by atoms with Crippen LogP contribution in [0.25, 0.3) is 0 Å². The lowest BCUT2D eigenvalue weighted by Gasteiger charge is -2.32. The topological polar surface area (TPSA) is 90.6 Å². The van der Waals surface area contributed by atoms with Gasteiger partial charge in [-0.15, -0.1) is 0 Å². The van der Waals surface area contributed by atoms with Crippen molar-refractivity contribution in [2.45, 2.75) is 6.10 Å². The molecule has 0 aromatic carbocycles. The van der Waals surface area contributed by atoms with E-state index >= 15 is 0 Å². The average molecular weight is 314 g/mol. The predicted octanol–water partition coefficient (Wildman–Crippen LogP) is 1.28. The molecule has 120 valence electrons. The third-order valence-electron chi connectivity index (χ3n) is 3.67. The summed E-state index contributed by atoms with van der Waals surface area (Å²) >= 11 is 0. The number of carbonyl (C=O) groups excluding carboxylic acids is 1. The number of methoxy groups -OCH3 is 1. The number of rotatable bonds is 3. The summed E-state index contributed by atoms with van der Waals surface area (Å²) in [6.45, 7) is 1.36. The van der Waals surface area contributed by atoms with E-state index in [4.69, 9.17) is 15.2 Å². The minimum Gasteiger partial charge on any atom is -0.480 e. The van der Waals surface area contributed by atoms with Crippen LogP contribution in [0.4, 0.5) is 5.82 Å². The molecule has 2 aromatic heterocycles. The highest BCUT2D eigenvalue weighted by Gasteiger charge is 2.28. The summed E-state index contributed by atoms with van der Waals surface area (Å²) in [6.07, 6.45) is 1.30. The van der Waals surface area contributed by atoms with E-state index in [1.807, 2.05) is 12.1 Å². The number of pyridine rings is 2. The van der Waals surface area contributed by atoms with Crippen molar-refractivity contribution < 1.29 is 14.3 Å². The van der Waals surface area contributed by atoms with Crippen LogP contribution >= 0.6 is 0 Å². The Morgan fingerprint density at radius 3 is 3.04 bits per heavy atom. The number of anilines is 1. The van der Waals surface area contributed by atoms with E-state index in [9.17, 15) is 4.79 Å². The maximum absolute atomic E-state index is 12.7. The van der Waals surface area contributed by atoms with Crippen molar-refractivity contribution in [1.29, 1.82) is 0 Å². The van der Waals surface area contributed by atoms with E-state index in [0.717, 1.165) is 5.69 Å². The smallest absolute Gasteiger partial charge is 0.259 e. The normalized spacial score (nSPS) is 17.8. The highest BCUT2D eigenvalue weighted by molar-refractivity contribution is 5.96. The molecule has 2 N–H and O–H groups in total. The van der Waals surface area contributed by atoms with E-state index in [0.29, 0.717) is 37.0 Å². The zero-order valence-corrected chi connectivity index (χ0v) is 12.8. The van der Waals surface area contributed by atoms with Crippen molar-refractivity contribution in [2.24, 2.45) is 0 Å². The van der Waals surface area contributed by atoms with Crippen molar-refractivity contribution in [3.63, 3.8) is 0 Å². The van der Waals surface area contributed by atoms with Gasteiger partial charge in [-0.25, -0.2) is 9.97 Å². The van der Waals surface area contributed by atoms with Crippen LogP contribution in [-0.4, -0.2) is 47.6 Å². The molecule has 0 bridgehead atoms. The molecule has 0 spiro atoms. The van der Waals surface area contributed by atoms with Gasteiger partial charge in [0.25, 0.3) is 5.91 Å². The summed E-state index contributed by atoms with van der Waals surface area (Å²) in [5.41, 5.74) is 6.88. The second kappa shape index (κ2) is 6.62. The fraction of sp³-hybridized carbons (Fsp3) is 0.312. The number of aromatic nitrogens is 2. The standard InChI is InChI=1S/C16H18N4O3/c1-22-15-11(4-3-7-18-15)16(21)20-8-9-23-13(10-20)12-5-2-6-14(17)19-12/h2-7,13H,8-10H2,1H3,(H2,17,19)/t13-/m0/s1. The van der Waals surface area contributed by atoms with E-state index < -0.39 is 0 Å². The molecule has 1 aliphatic rings. The van der Waals surface area contributed by atoms with Crippen molar-refractivity contribution in [3.05, 3.63) is 47.8 Å². The fourth-order valence-electron chi connectivity index (χ4n) is 2.55. The van der Waals surface area contributed by atoms with Crippen LogP contribution in [0, 0.1) is 0 Å². The molecular weight excluding hydrogens is 296 g/mol. The number of ether oxygens (including phenoxy) is 2. The van der Waals surface area contributed by atoms with Crippen molar-refractivity contribution >= 4 is 11.7 Å². The Morgan fingerprint density at radius 1 is 1.39 bits per heavy atom. The fourth-order valence-corrected chi connectivity index (χ4v) is 2.55. The number of nitrogens with zero attached hydrogens (tertiary/aromatic N) is 3. The first kappa shape index (κ1) is 15.2. The van der Waals surface area contributed by atoms with E-state index in [1.165, 1.54) is 7.11 Å². The van der Waals surface area contributed by atoms with Gasteiger partial charge < -0.3 is 20.1 Å². The molecule has 2 aromatic rings. The summed E-state index contributed by atoms with van der Waals surface area (Å²) in [5, 5.41) is 0. The Balaban J connectivity index is 1.79. The zero-order chi connectivity index (χ0) is 16.2. The SMILES string of the molecule is COc1ncccc1C(=O)N1CCO[C@H](c2cccc(N)n2)C1. The van der Waals surface area contributed by atoms with Gasteiger partial charge in [0.2, 0.25) is 5.88 Å². The molecule has 1 saturated heterocycles. The number of hydrogen-bond donors (Lipinski definition) is 1. The minimum absolute atomic E-state index is 0.132. The molecule has 3 rings (SSSR count). The highest BCUT2D eigenvalue weighted by Crippen LogP contribution is 2.24. The largest absolute Gasteiger partial charge is 0.480 e. The second-order valence-corrected chi connectivity index (χ2v) is 5.16. The van der Waals surface area contributed by atoms with E-state index in [2.05, 4.69) is 9.97 Å².